The molecule has 0 aliphatic carbocycles. The Kier molecular flexibility index (Phi) is 0.743. The van der Waals surface area contributed by atoms with Crippen LogP contribution in [0.15, 0.2) is 18.6 Å². The molecule has 0 unspecified atom stereocenters. The van der Waals surface area contributed by atoms with Crippen LogP contribution in [0, 0.1) is 0 Å². The Labute approximate surface area is 56.8 Å². The van der Waals surface area contributed by atoms with Gasteiger partial charge in [-0.3, -0.25) is 0 Å². The lowest BCUT2D eigenvalue weighted by Crippen LogP contribution is -2.16. The zero-order valence-corrected chi connectivity index (χ0v) is 5.23. The number of nitrogen functional groups attached to an aromatic ring is 2. The summed E-state index contributed by atoms with van der Waals surface area (Å²) in [7, 11) is 0. The highest BCUT2D eigenvalue weighted by Crippen LogP contribution is 2.07. The van der Waals surface area contributed by atoms with Crippen molar-refractivity contribution in [1.82, 2.24) is 14.3 Å². The first kappa shape index (κ1) is 5.16. The Balaban J connectivity index is 2.95. The third kappa shape index (κ3) is 0.439. The van der Waals surface area contributed by atoms with E-state index < -0.39 is 0 Å². The summed E-state index contributed by atoms with van der Waals surface area (Å²) in [6, 6.07) is 1.76. The van der Waals surface area contributed by atoms with E-state index in [0.717, 1.165) is 5.52 Å². The molecule has 0 aliphatic heterocycles. The first-order valence-electron chi connectivity index (χ1n) is 2.83. The molecule has 4 N–H and O–H groups in total. The molecule has 0 spiro atoms. The highest BCUT2D eigenvalue weighted by molar-refractivity contribution is 5.53. The van der Waals surface area contributed by atoms with Crippen LogP contribution in [0.5, 0.6) is 0 Å². The maximum Gasteiger partial charge on any atom is 0.143 e. The second kappa shape index (κ2) is 1.44. The molecule has 0 radical (unpaired) electrons. The number of hydrogen-bond acceptors (Lipinski definition) is 3. The predicted molar refractivity (Wildman–Crippen MR) is 37.7 cm³/mol. The largest absolute Gasteiger partial charge is 0.382 e. The monoisotopic (exact) mass is 137 g/mol. The Hall–Kier alpha value is -1.65. The van der Waals surface area contributed by atoms with Crippen LogP contribution in [-0.4, -0.2) is 14.3 Å². The van der Waals surface area contributed by atoms with Crippen LogP contribution in [0.25, 0.3) is 5.52 Å². The molecule has 52 valence electrons. The van der Waals surface area contributed by atoms with Crippen LogP contribution in [0.2, 0.25) is 0 Å². The molecule has 2 rings (SSSR count). The number of aromatic nitrogens is 3. The normalized spacial score (nSPS) is 10.8. The maximum atomic E-state index is 5.50. The van der Waals surface area contributed by atoms with Crippen molar-refractivity contribution in [3.05, 3.63) is 18.6 Å². The maximum absolute atomic E-state index is 5.50. The molecule has 0 atom stereocenters. The van der Waals surface area contributed by atoms with Gasteiger partial charge in [-0.2, -0.15) is 4.79 Å². The van der Waals surface area contributed by atoms with Gasteiger partial charge in [-0.1, -0.05) is 0 Å². The van der Waals surface area contributed by atoms with E-state index in [0.29, 0.717) is 5.82 Å². The highest BCUT2D eigenvalue weighted by Gasteiger charge is 2.00. The summed E-state index contributed by atoms with van der Waals surface area (Å²) >= 11 is 0. The number of anilines is 1. The predicted octanol–water partition coefficient (Wildman–Crippen LogP) is -0.568. The lowest BCUT2D eigenvalue weighted by Gasteiger charge is -1.95. The average Bonchev–Trinajstić information content (AvgIpc) is 2.41. The summed E-state index contributed by atoms with van der Waals surface area (Å²) < 4.78 is 1.66. The highest BCUT2D eigenvalue weighted by atomic mass is 15.5. The van der Waals surface area contributed by atoms with Crippen molar-refractivity contribution in [1.29, 1.82) is 0 Å². The van der Waals surface area contributed by atoms with Crippen LogP contribution >= 0.6 is 0 Å². The van der Waals surface area contributed by atoms with E-state index in [2.05, 4.69) is 4.98 Å². The molecule has 10 heavy (non-hydrogen) atoms. The average molecular weight is 137 g/mol. The van der Waals surface area contributed by atoms with Crippen molar-refractivity contribution in [3.63, 3.8) is 0 Å². The lowest BCUT2D eigenvalue weighted by atomic mass is 10.5. The van der Waals surface area contributed by atoms with Crippen molar-refractivity contribution < 1.29 is 0 Å². The molecule has 0 saturated carbocycles. The van der Waals surface area contributed by atoms with Gasteiger partial charge in [-0.15, -0.1) is 0 Å². The molecular formula is C5H7N5. The van der Waals surface area contributed by atoms with Gasteiger partial charge in [0, 0.05) is 6.07 Å². The first-order valence-corrected chi connectivity index (χ1v) is 2.83. The molecule has 2 aromatic heterocycles. The first-order chi connectivity index (χ1) is 4.79. The second-order valence-corrected chi connectivity index (χ2v) is 2.08. The minimum atomic E-state index is 0.525. The van der Waals surface area contributed by atoms with Crippen molar-refractivity contribution in [2.75, 3.05) is 11.6 Å². The van der Waals surface area contributed by atoms with Crippen LogP contribution in [0.3, 0.4) is 0 Å². The van der Waals surface area contributed by atoms with Gasteiger partial charge < -0.3 is 11.6 Å². The SMILES string of the molecule is Nc1cc2cncn2n1N. The van der Waals surface area contributed by atoms with Crippen LogP contribution in [-0.2, 0) is 0 Å². The summed E-state index contributed by atoms with van der Waals surface area (Å²) in [6.45, 7) is 0. The summed E-state index contributed by atoms with van der Waals surface area (Å²) in [5.41, 5.74) is 6.39. The Bertz CT molecular complexity index is 357. The van der Waals surface area contributed by atoms with Gasteiger partial charge >= 0.3 is 0 Å². The van der Waals surface area contributed by atoms with Crippen LogP contribution < -0.4 is 11.6 Å². The molecule has 5 heteroatoms. The quantitative estimate of drug-likeness (QED) is 0.477. The van der Waals surface area contributed by atoms with Gasteiger partial charge in [-0.25, -0.2) is 9.50 Å². The molecule has 0 saturated heterocycles. The van der Waals surface area contributed by atoms with Gasteiger partial charge in [0.2, 0.25) is 0 Å². The third-order valence-electron chi connectivity index (χ3n) is 1.44. The molecule has 2 heterocycles. The van der Waals surface area contributed by atoms with E-state index in [1.807, 2.05) is 0 Å². The van der Waals surface area contributed by atoms with E-state index in [1.165, 1.54) is 4.79 Å². The summed E-state index contributed by atoms with van der Waals surface area (Å²) in [5, 5.41) is 0. The standard InChI is InChI=1S/C5H7N5/c6-5-1-4-2-8-3-9(4)10(5)7/h1-3H,6-7H2. The van der Waals surface area contributed by atoms with E-state index in [9.17, 15) is 0 Å². The van der Waals surface area contributed by atoms with Gasteiger partial charge in [-0.05, 0) is 0 Å². The Morgan fingerprint density at radius 3 is 3.00 bits per heavy atom. The molecule has 2 aromatic rings. The molecule has 5 nitrogen and oxygen atoms in total. The molecular weight excluding hydrogens is 130 g/mol. The third-order valence-corrected chi connectivity index (χ3v) is 1.44. The lowest BCUT2D eigenvalue weighted by molar-refractivity contribution is 0.766. The number of fused-ring (bicyclic) bond motifs is 1. The fourth-order valence-electron chi connectivity index (χ4n) is 0.924. The fraction of sp³-hybridized carbons (Fsp3) is 0. The molecule has 0 amide bonds. The number of imidazole rings is 1. The number of nitrogens with zero attached hydrogens (tertiary/aromatic N) is 3. The van der Waals surface area contributed by atoms with Crippen LogP contribution in [0.1, 0.15) is 0 Å². The zero-order chi connectivity index (χ0) is 7.14. The van der Waals surface area contributed by atoms with Crippen molar-refractivity contribution in [2.45, 2.75) is 0 Å². The minimum absolute atomic E-state index is 0.525. The topological polar surface area (TPSA) is 74.3 Å². The van der Waals surface area contributed by atoms with Gasteiger partial charge in [0.15, 0.2) is 0 Å². The number of nitrogens with two attached hydrogens (primary N) is 2. The van der Waals surface area contributed by atoms with E-state index >= 15 is 0 Å². The summed E-state index contributed by atoms with van der Waals surface area (Å²) in [4.78, 5) is 5.21. The van der Waals surface area contributed by atoms with Crippen molar-refractivity contribution >= 4 is 11.3 Å². The van der Waals surface area contributed by atoms with Crippen molar-refractivity contribution in [3.8, 4) is 0 Å². The van der Waals surface area contributed by atoms with E-state index in [4.69, 9.17) is 11.6 Å². The van der Waals surface area contributed by atoms with E-state index in [1.54, 1.807) is 23.1 Å². The molecule has 0 aromatic carbocycles. The van der Waals surface area contributed by atoms with Gasteiger partial charge in [0.05, 0.1) is 11.7 Å². The zero-order valence-electron chi connectivity index (χ0n) is 5.23. The summed E-state index contributed by atoms with van der Waals surface area (Å²) in [5.74, 6) is 6.02. The van der Waals surface area contributed by atoms with Gasteiger partial charge in [0.1, 0.15) is 12.1 Å². The number of rotatable bonds is 0. The second-order valence-electron chi connectivity index (χ2n) is 2.08. The molecule has 0 fully saturated rings. The van der Waals surface area contributed by atoms with Crippen molar-refractivity contribution in [2.24, 2.45) is 0 Å². The summed E-state index contributed by atoms with van der Waals surface area (Å²) in [6.07, 6.45) is 3.30. The Morgan fingerprint density at radius 1 is 1.50 bits per heavy atom. The molecule has 0 bridgehead atoms. The minimum Gasteiger partial charge on any atom is -0.382 e. The van der Waals surface area contributed by atoms with Gasteiger partial charge in [0.25, 0.3) is 0 Å². The Morgan fingerprint density at radius 2 is 2.30 bits per heavy atom. The van der Waals surface area contributed by atoms with Crippen LogP contribution in [0.4, 0.5) is 5.82 Å². The fourth-order valence-corrected chi connectivity index (χ4v) is 0.924. The smallest absolute Gasteiger partial charge is 0.143 e. The van der Waals surface area contributed by atoms with E-state index in [-0.39, 0.29) is 0 Å². The number of hydrogen-bond donors (Lipinski definition) is 2. The molecule has 0 aliphatic rings.